The molecule has 1 aliphatic heterocycles. The van der Waals surface area contributed by atoms with E-state index >= 15 is 0 Å². The minimum absolute atomic E-state index is 0.0634. The van der Waals surface area contributed by atoms with Gasteiger partial charge in [-0.1, -0.05) is 6.07 Å². The van der Waals surface area contributed by atoms with E-state index in [1.54, 1.807) is 19.1 Å². The van der Waals surface area contributed by atoms with Crippen LogP contribution in [0.5, 0.6) is 0 Å². The van der Waals surface area contributed by atoms with Crippen LogP contribution in [0, 0.1) is 24.1 Å². The maximum atomic E-state index is 14.4. The average molecular weight is 447 g/mol. The van der Waals surface area contributed by atoms with Crippen molar-refractivity contribution in [3.63, 3.8) is 0 Å². The second kappa shape index (κ2) is 9.87. The maximum absolute atomic E-state index is 14.4. The van der Waals surface area contributed by atoms with Crippen molar-refractivity contribution >= 4 is 27.3 Å². The summed E-state index contributed by atoms with van der Waals surface area (Å²) in [6, 6.07) is 10.2. The first-order valence-electron chi connectivity index (χ1n) is 9.74. The van der Waals surface area contributed by atoms with Crippen LogP contribution in [0.25, 0.3) is 0 Å². The summed E-state index contributed by atoms with van der Waals surface area (Å²) in [5.41, 5.74) is 1.05. The zero-order chi connectivity index (χ0) is 22.4. The number of halogens is 1. The summed E-state index contributed by atoms with van der Waals surface area (Å²) in [5, 5.41) is 14.2. The van der Waals surface area contributed by atoms with Gasteiger partial charge in [0.25, 0.3) is 5.91 Å². The minimum Gasteiger partial charge on any atom is -0.380 e. The normalized spacial score (nSPS) is 16.0. The molecule has 8 nitrogen and oxygen atoms in total. The van der Waals surface area contributed by atoms with E-state index in [-0.39, 0.29) is 28.8 Å². The van der Waals surface area contributed by atoms with Gasteiger partial charge in [0.2, 0.25) is 10.0 Å². The number of nitrogens with zero attached hydrogens (tertiary/aromatic N) is 1. The second-order valence-electron chi connectivity index (χ2n) is 7.13. The number of hydrogen-bond acceptors (Lipinski definition) is 6. The number of amides is 1. The Kier molecular flexibility index (Phi) is 7.22. The lowest BCUT2D eigenvalue weighted by atomic mass is 10.1. The summed E-state index contributed by atoms with van der Waals surface area (Å²) in [7, 11) is -3.94. The molecule has 1 saturated heterocycles. The average Bonchev–Trinajstić information content (AvgIpc) is 3.25. The van der Waals surface area contributed by atoms with Crippen molar-refractivity contribution < 1.29 is 22.3 Å². The van der Waals surface area contributed by atoms with Crippen molar-refractivity contribution in [2.45, 2.75) is 30.8 Å². The fraction of sp³-hybridized carbons (Fsp3) is 0.333. The summed E-state index contributed by atoms with van der Waals surface area (Å²) in [4.78, 5) is 12.5. The molecule has 1 fully saturated rings. The highest BCUT2D eigenvalue weighted by Crippen LogP contribution is 2.22. The first-order chi connectivity index (χ1) is 14.8. The summed E-state index contributed by atoms with van der Waals surface area (Å²) in [6.07, 6.45) is 1.99. The topological polar surface area (TPSA) is 120 Å². The molecule has 31 heavy (non-hydrogen) atoms. The Labute approximate surface area is 180 Å². The lowest BCUT2D eigenvalue weighted by molar-refractivity contribution is 0.102. The first kappa shape index (κ1) is 22.7. The third kappa shape index (κ3) is 5.79. The van der Waals surface area contributed by atoms with Gasteiger partial charge >= 0.3 is 0 Å². The molecule has 0 saturated carbocycles. The predicted octanol–water partition coefficient (Wildman–Crippen LogP) is 2.78. The molecule has 3 rings (SSSR count). The molecule has 0 spiro atoms. The number of aryl methyl sites for hydroxylation is 1. The van der Waals surface area contributed by atoms with E-state index in [2.05, 4.69) is 15.4 Å². The molecule has 1 heterocycles. The zero-order valence-corrected chi connectivity index (χ0v) is 17.8. The van der Waals surface area contributed by atoms with Gasteiger partial charge in [-0.05, 0) is 55.7 Å². The Bertz CT molecular complexity index is 1110. The number of sulfonamides is 1. The van der Waals surface area contributed by atoms with Crippen LogP contribution in [0.3, 0.4) is 0 Å². The van der Waals surface area contributed by atoms with E-state index in [0.717, 1.165) is 19.4 Å². The highest BCUT2D eigenvalue weighted by molar-refractivity contribution is 7.89. The number of nitriles is 1. The number of benzene rings is 2. The van der Waals surface area contributed by atoms with Crippen LogP contribution in [0.2, 0.25) is 0 Å². The van der Waals surface area contributed by atoms with Crippen molar-refractivity contribution in [1.29, 1.82) is 5.26 Å². The molecule has 1 amide bonds. The number of carbonyl (C=O) groups is 1. The smallest absolute Gasteiger partial charge is 0.255 e. The predicted molar refractivity (Wildman–Crippen MR) is 114 cm³/mol. The summed E-state index contributed by atoms with van der Waals surface area (Å²) < 4.78 is 46.7. The van der Waals surface area contributed by atoms with Crippen molar-refractivity contribution in [1.82, 2.24) is 4.72 Å². The highest BCUT2D eigenvalue weighted by Gasteiger charge is 2.19. The van der Waals surface area contributed by atoms with Gasteiger partial charge in [0.15, 0.2) is 0 Å². The van der Waals surface area contributed by atoms with Gasteiger partial charge in [-0.25, -0.2) is 12.8 Å². The number of anilines is 2. The first-order valence-corrected chi connectivity index (χ1v) is 11.2. The molecule has 1 aliphatic rings. The maximum Gasteiger partial charge on any atom is 0.255 e. The van der Waals surface area contributed by atoms with Gasteiger partial charge in [0.1, 0.15) is 5.82 Å². The third-order valence-electron chi connectivity index (χ3n) is 4.85. The van der Waals surface area contributed by atoms with E-state index in [9.17, 15) is 17.6 Å². The van der Waals surface area contributed by atoms with E-state index < -0.39 is 21.7 Å². The second-order valence-corrected chi connectivity index (χ2v) is 8.86. The minimum atomic E-state index is -3.94. The molecule has 1 unspecified atom stereocenters. The van der Waals surface area contributed by atoms with Crippen molar-refractivity contribution in [3.8, 4) is 6.07 Å². The Morgan fingerprint density at radius 1 is 1.29 bits per heavy atom. The Hall–Kier alpha value is -3.00. The SMILES string of the molecule is Cc1ccc(C(=O)Nc2ccc(NCC3CCCO3)c(F)c2)cc1S(=O)(=O)NCC#N. The number of rotatable bonds is 8. The molecule has 0 bridgehead atoms. The molecular weight excluding hydrogens is 423 g/mol. The Morgan fingerprint density at radius 2 is 2.10 bits per heavy atom. The molecular formula is C21H23FN4O4S. The summed E-state index contributed by atoms with van der Waals surface area (Å²) in [5.74, 6) is -1.11. The lowest BCUT2D eigenvalue weighted by Gasteiger charge is -2.14. The molecule has 0 aromatic heterocycles. The molecule has 164 valence electrons. The highest BCUT2D eigenvalue weighted by atomic mass is 32.2. The van der Waals surface area contributed by atoms with Crippen LogP contribution in [-0.2, 0) is 14.8 Å². The van der Waals surface area contributed by atoms with Crippen molar-refractivity contribution in [3.05, 3.63) is 53.3 Å². The monoisotopic (exact) mass is 446 g/mol. The molecule has 3 N–H and O–H groups in total. The summed E-state index contributed by atoms with van der Waals surface area (Å²) in [6.45, 7) is 2.42. The van der Waals surface area contributed by atoms with Gasteiger partial charge in [0, 0.05) is 24.4 Å². The van der Waals surface area contributed by atoms with Gasteiger partial charge in [-0.15, -0.1) is 0 Å². The molecule has 2 aromatic rings. The van der Waals surface area contributed by atoms with Crippen LogP contribution >= 0.6 is 0 Å². The molecule has 0 aliphatic carbocycles. The van der Waals surface area contributed by atoms with Gasteiger partial charge in [-0.2, -0.15) is 9.98 Å². The number of carbonyl (C=O) groups excluding carboxylic acids is 1. The standard InChI is InChI=1S/C21H23FN4O4S/c1-14-4-5-15(11-20(14)31(28,29)25-9-8-23)21(27)26-16-6-7-19(18(22)12-16)24-13-17-3-2-10-30-17/h4-7,11-12,17,24-25H,2-3,9-10,13H2,1H3,(H,26,27). The van der Waals surface area contributed by atoms with Crippen LogP contribution in [0.4, 0.5) is 15.8 Å². The fourth-order valence-electron chi connectivity index (χ4n) is 3.20. The number of ether oxygens (including phenoxy) is 1. The summed E-state index contributed by atoms with van der Waals surface area (Å²) >= 11 is 0. The molecule has 2 aromatic carbocycles. The van der Waals surface area contributed by atoms with Gasteiger partial charge < -0.3 is 15.4 Å². The number of nitrogens with one attached hydrogen (secondary N) is 3. The molecule has 0 radical (unpaired) electrons. The van der Waals surface area contributed by atoms with Crippen molar-refractivity contribution in [2.75, 3.05) is 30.3 Å². The van der Waals surface area contributed by atoms with E-state index in [0.29, 0.717) is 17.8 Å². The quantitative estimate of drug-likeness (QED) is 0.537. The third-order valence-corrected chi connectivity index (χ3v) is 6.40. The lowest BCUT2D eigenvalue weighted by Crippen LogP contribution is -2.25. The molecule has 10 heteroatoms. The number of hydrogen-bond donors (Lipinski definition) is 3. The van der Waals surface area contributed by atoms with Crippen LogP contribution in [0.15, 0.2) is 41.3 Å². The van der Waals surface area contributed by atoms with E-state index in [4.69, 9.17) is 10.00 Å². The van der Waals surface area contributed by atoms with E-state index in [1.807, 2.05) is 0 Å². The van der Waals surface area contributed by atoms with Gasteiger partial charge in [-0.3, -0.25) is 4.79 Å². The van der Waals surface area contributed by atoms with Crippen LogP contribution in [-0.4, -0.2) is 40.1 Å². The molecule has 1 atom stereocenters. The van der Waals surface area contributed by atoms with Crippen LogP contribution in [0.1, 0.15) is 28.8 Å². The Balaban J connectivity index is 1.70. The largest absolute Gasteiger partial charge is 0.380 e. The Morgan fingerprint density at radius 3 is 2.77 bits per heavy atom. The van der Waals surface area contributed by atoms with E-state index in [1.165, 1.54) is 30.3 Å². The van der Waals surface area contributed by atoms with Crippen molar-refractivity contribution in [2.24, 2.45) is 0 Å². The van der Waals surface area contributed by atoms with Crippen LogP contribution < -0.4 is 15.4 Å². The van der Waals surface area contributed by atoms with Gasteiger partial charge in [0.05, 0.1) is 29.3 Å². The zero-order valence-electron chi connectivity index (χ0n) is 16.9. The fourth-order valence-corrected chi connectivity index (χ4v) is 4.39.